The zero-order valence-electron chi connectivity index (χ0n) is 17.1. The van der Waals surface area contributed by atoms with Gasteiger partial charge in [0.25, 0.3) is 5.91 Å². The van der Waals surface area contributed by atoms with Crippen LogP contribution in [0.15, 0.2) is 61.1 Å². The molecule has 158 valence electrons. The molecule has 31 heavy (non-hydrogen) atoms. The Hall–Kier alpha value is -3.45. The van der Waals surface area contributed by atoms with E-state index in [9.17, 15) is 4.79 Å². The maximum Gasteiger partial charge on any atom is 0.258 e. The first kappa shape index (κ1) is 20.8. The second kappa shape index (κ2) is 8.73. The van der Waals surface area contributed by atoms with Gasteiger partial charge in [-0.05, 0) is 36.6 Å². The highest BCUT2D eigenvalue weighted by molar-refractivity contribution is 6.11. The van der Waals surface area contributed by atoms with Crippen LogP contribution in [0.1, 0.15) is 33.8 Å². The third-order valence-electron chi connectivity index (χ3n) is 5.67. The van der Waals surface area contributed by atoms with Crippen molar-refractivity contribution in [1.29, 1.82) is 0 Å². The van der Waals surface area contributed by atoms with Crippen molar-refractivity contribution in [3.8, 4) is 0 Å². The van der Waals surface area contributed by atoms with E-state index in [1.54, 1.807) is 24.7 Å². The number of anilines is 2. The number of imidazole rings is 1. The van der Waals surface area contributed by atoms with Gasteiger partial charge in [-0.15, -0.1) is 12.4 Å². The van der Waals surface area contributed by atoms with Crippen LogP contribution in [0.4, 0.5) is 11.6 Å². The van der Waals surface area contributed by atoms with Gasteiger partial charge in [-0.25, -0.2) is 4.98 Å². The lowest BCUT2D eigenvalue weighted by Crippen LogP contribution is -2.20. The van der Waals surface area contributed by atoms with Crippen molar-refractivity contribution in [2.24, 2.45) is 0 Å². The van der Waals surface area contributed by atoms with Gasteiger partial charge in [-0.3, -0.25) is 9.78 Å². The van der Waals surface area contributed by atoms with E-state index in [0.717, 1.165) is 31.0 Å². The van der Waals surface area contributed by atoms with Crippen molar-refractivity contribution >= 4 is 41.1 Å². The SMILES string of the molecule is Cc1ccncc1NC(=O)c1ccnc2nc(N3CCC(c4ccccc4)C3)[nH]c12.Cl. The lowest BCUT2D eigenvalue weighted by Gasteiger charge is -2.15. The second-order valence-corrected chi connectivity index (χ2v) is 7.60. The van der Waals surface area contributed by atoms with Crippen LogP contribution < -0.4 is 10.2 Å². The van der Waals surface area contributed by atoms with Gasteiger partial charge in [0.2, 0.25) is 5.95 Å². The van der Waals surface area contributed by atoms with Crippen molar-refractivity contribution in [2.75, 3.05) is 23.3 Å². The lowest BCUT2D eigenvalue weighted by molar-refractivity contribution is 0.102. The highest BCUT2D eigenvalue weighted by Crippen LogP contribution is 2.30. The molecule has 1 aliphatic rings. The summed E-state index contributed by atoms with van der Waals surface area (Å²) in [4.78, 5) is 31.6. The van der Waals surface area contributed by atoms with Crippen molar-refractivity contribution in [3.63, 3.8) is 0 Å². The number of aromatic amines is 1. The van der Waals surface area contributed by atoms with Crippen molar-refractivity contribution in [3.05, 3.63) is 77.7 Å². The fourth-order valence-corrected chi connectivity index (χ4v) is 3.97. The number of fused-ring (bicyclic) bond motifs is 1. The third kappa shape index (κ3) is 4.09. The van der Waals surface area contributed by atoms with E-state index in [-0.39, 0.29) is 18.3 Å². The van der Waals surface area contributed by atoms with E-state index in [4.69, 9.17) is 0 Å². The average molecular weight is 435 g/mol. The molecule has 1 aromatic carbocycles. The predicted molar refractivity (Wildman–Crippen MR) is 124 cm³/mol. The molecule has 5 rings (SSSR count). The van der Waals surface area contributed by atoms with E-state index in [2.05, 4.69) is 54.4 Å². The number of hydrogen-bond donors (Lipinski definition) is 2. The number of nitrogens with one attached hydrogen (secondary N) is 2. The molecular formula is C23H23ClN6O. The molecule has 0 saturated carbocycles. The van der Waals surface area contributed by atoms with E-state index >= 15 is 0 Å². The molecule has 1 saturated heterocycles. The van der Waals surface area contributed by atoms with Crippen LogP contribution in [0.3, 0.4) is 0 Å². The Labute approximate surface area is 186 Å². The number of H-pyrrole nitrogens is 1. The topological polar surface area (TPSA) is 86.8 Å². The molecule has 1 atom stereocenters. The minimum absolute atomic E-state index is 0. The molecule has 0 spiro atoms. The summed E-state index contributed by atoms with van der Waals surface area (Å²) in [7, 11) is 0. The zero-order valence-corrected chi connectivity index (χ0v) is 17.9. The van der Waals surface area contributed by atoms with Gasteiger partial charge in [0.1, 0.15) is 0 Å². The average Bonchev–Trinajstić information content (AvgIpc) is 3.43. The normalized spacial score (nSPS) is 15.6. The molecule has 1 fully saturated rings. The number of halogens is 1. The standard InChI is InChI=1S/C23H22N6O.ClH/c1-15-7-10-24-13-19(15)26-22(30)18-8-11-25-21-20(18)27-23(28-21)29-12-9-17(14-29)16-5-3-2-4-6-16;/h2-8,10-11,13,17H,9,12,14H2,1H3,(H,26,30)(H,25,27,28);1H. The van der Waals surface area contributed by atoms with Gasteiger partial charge in [0.15, 0.2) is 5.65 Å². The van der Waals surface area contributed by atoms with Crippen LogP contribution in [-0.4, -0.2) is 38.9 Å². The van der Waals surface area contributed by atoms with Gasteiger partial charge in [0, 0.05) is 31.4 Å². The van der Waals surface area contributed by atoms with Crippen LogP contribution in [0.25, 0.3) is 11.2 Å². The van der Waals surface area contributed by atoms with Gasteiger partial charge in [-0.1, -0.05) is 30.3 Å². The summed E-state index contributed by atoms with van der Waals surface area (Å²) in [5, 5.41) is 2.94. The van der Waals surface area contributed by atoms with Crippen LogP contribution in [0.5, 0.6) is 0 Å². The minimum atomic E-state index is -0.211. The van der Waals surface area contributed by atoms with Gasteiger partial charge in [0.05, 0.1) is 23.0 Å². The fraction of sp³-hybridized carbons (Fsp3) is 0.217. The number of aromatic nitrogens is 4. The number of rotatable bonds is 4. The summed E-state index contributed by atoms with van der Waals surface area (Å²) in [6.07, 6.45) is 6.05. The van der Waals surface area contributed by atoms with E-state index in [0.29, 0.717) is 28.3 Å². The predicted octanol–water partition coefficient (Wildman–Crippen LogP) is 4.33. The maximum absolute atomic E-state index is 12.9. The quantitative estimate of drug-likeness (QED) is 0.499. The summed E-state index contributed by atoms with van der Waals surface area (Å²) in [5.74, 6) is 1.02. The Morgan fingerprint density at radius 1 is 1.16 bits per heavy atom. The molecule has 0 aliphatic carbocycles. The number of hydrogen-bond acceptors (Lipinski definition) is 5. The Kier molecular flexibility index (Phi) is 5.86. The number of carbonyl (C=O) groups excluding carboxylic acids is 1. The molecule has 1 amide bonds. The van der Waals surface area contributed by atoms with Gasteiger partial charge in [-0.2, -0.15) is 4.98 Å². The molecule has 4 heterocycles. The number of aryl methyl sites for hydroxylation is 1. The third-order valence-corrected chi connectivity index (χ3v) is 5.67. The summed E-state index contributed by atoms with van der Waals surface area (Å²) in [6, 6.07) is 14.1. The van der Waals surface area contributed by atoms with Crippen LogP contribution in [0, 0.1) is 6.92 Å². The van der Waals surface area contributed by atoms with Crippen LogP contribution in [-0.2, 0) is 0 Å². The summed E-state index contributed by atoms with van der Waals surface area (Å²) < 4.78 is 0. The molecule has 3 aromatic heterocycles. The zero-order chi connectivity index (χ0) is 20.5. The van der Waals surface area contributed by atoms with Crippen LogP contribution in [0.2, 0.25) is 0 Å². The second-order valence-electron chi connectivity index (χ2n) is 7.60. The summed E-state index contributed by atoms with van der Waals surface area (Å²) in [6.45, 7) is 3.74. The fourth-order valence-electron chi connectivity index (χ4n) is 3.97. The number of amides is 1. The molecule has 0 radical (unpaired) electrons. The smallest absolute Gasteiger partial charge is 0.258 e. The number of benzene rings is 1. The van der Waals surface area contributed by atoms with Crippen molar-refractivity contribution < 1.29 is 4.79 Å². The van der Waals surface area contributed by atoms with Crippen LogP contribution >= 0.6 is 12.4 Å². The first-order valence-electron chi connectivity index (χ1n) is 10.1. The Morgan fingerprint density at radius 3 is 2.81 bits per heavy atom. The number of carbonyl (C=O) groups is 1. The Morgan fingerprint density at radius 2 is 2.00 bits per heavy atom. The first-order valence-corrected chi connectivity index (χ1v) is 10.1. The number of nitrogens with zero attached hydrogens (tertiary/aromatic N) is 4. The Bertz CT molecular complexity index is 1210. The largest absolute Gasteiger partial charge is 0.342 e. The van der Waals surface area contributed by atoms with E-state index in [1.807, 2.05) is 19.1 Å². The van der Waals surface area contributed by atoms with Crippen molar-refractivity contribution in [2.45, 2.75) is 19.3 Å². The molecule has 4 aromatic rings. The Balaban J connectivity index is 0.00000231. The molecule has 7 nitrogen and oxygen atoms in total. The molecule has 2 N–H and O–H groups in total. The number of pyridine rings is 2. The molecule has 0 bridgehead atoms. The van der Waals surface area contributed by atoms with Gasteiger partial charge >= 0.3 is 0 Å². The highest BCUT2D eigenvalue weighted by Gasteiger charge is 2.26. The first-order chi connectivity index (χ1) is 14.7. The monoisotopic (exact) mass is 434 g/mol. The highest BCUT2D eigenvalue weighted by atomic mass is 35.5. The maximum atomic E-state index is 12.9. The van der Waals surface area contributed by atoms with Gasteiger partial charge < -0.3 is 15.2 Å². The molecule has 8 heteroatoms. The molecule has 1 aliphatic heterocycles. The summed E-state index contributed by atoms with van der Waals surface area (Å²) >= 11 is 0. The van der Waals surface area contributed by atoms with E-state index in [1.165, 1.54) is 5.56 Å². The molecule has 1 unspecified atom stereocenters. The minimum Gasteiger partial charge on any atom is -0.342 e. The summed E-state index contributed by atoms with van der Waals surface area (Å²) in [5.41, 5.74) is 4.70. The van der Waals surface area contributed by atoms with E-state index < -0.39 is 0 Å². The molecular weight excluding hydrogens is 412 g/mol. The lowest BCUT2D eigenvalue weighted by atomic mass is 9.99. The van der Waals surface area contributed by atoms with Crippen molar-refractivity contribution in [1.82, 2.24) is 19.9 Å².